The Balaban J connectivity index is 1.93. The van der Waals surface area contributed by atoms with E-state index in [2.05, 4.69) is 25.1 Å². The third-order valence-electron chi connectivity index (χ3n) is 3.83. The Labute approximate surface area is 107 Å². The molecule has 2 aromatic rings. The maximum absolute atomic E-state index is 12.5. The van der Waals surface area contributed by atoms with Crippen molar-refractivity contribution in [2.45, 2.75) is 19.8 Å². The fraction of sp³-hybridized carbons (Fsp3) is 0.235. The second kappa shape index (κ2) is 4.09. The normalized spacial score (nSPS) is 21.9. The van der Waals surface area contributed by atoms with Crippen molar-refractivity contribution >= 4 is 5.78 Å². The molecule has 0 saturated heterocycles. The second-order valence-corrected chi connectivity index (χ2v) is 5.39. The Bertz CT molecular complexity index is 586. The summed E-state index contributed by atoms with van der Waals surface area (Å²) in [6.07, 6.45) is 1.68. The van der Waals surface area contributed by atoms with Crippen molar-refractivity contribution in [1.29, 1.82) is 0 Å². The van der Waals surface area contributed by atoms with Crippen LogP contribution in [0.15, 0.2) is 54.6 Å². The van der Waals surface area contributed by atoms with Gasteiger partial charge in [0.05, 0.1) is 0 Å². The maximum atomic E-state index is 12.5. The molecule has 0 amide bonds. The minimum atomic E-state index is -0.273. The van der Waals surface area contributed by atoms with Crippen LogP contribution in [0.4, 0.5) is 0 Å². The van der Waals surface area contributed by atoms with Gasteiger partial charge in [0.1, 0.15) is 0 Å². The highest BCUT2D eigenvalue weighted by molar-refractivity contribution is 6.04. The van der Waals surface area contributed by atoms with E-state index >= 15 is 0 Å². The molecule has 0 fully saturated rings. The van der Waals surface area contributed by atoms with Gasteiger partial charge in [0, 0.05) is 11.0 Å². The van der Waals surface area contributed by atoms with E-state index in [1.807, 2.05) is 36.4 Å². The lowest BCUT2D eigenvalue weighted by atomic mass is 9.80. The van der Waals surface area contributed by atoms with Crippen molar-refractivity contribution in [1.82, 2.24) is 0 Å². The van der Waals surface area contributed by atoms with E-state index in [1.165, 1.54) is 11.1 Å². The topological polar surface area (TPSA) is 17.1 Å². The molecule has 18 heavy (non-hydrogen) atoms. The summed E-state index contributed by atoms with van der Waals surface area (Å²) in [5.41, 5.74) is 3.07. The van der Waals surface area contributed by atoms with Crippen molar-refractivity contribution in [3.8, 4) is 0 Å². The van der Waals surface area contributed by atoms with Gasteiger partial charge in [0.2, 0.25) is 0 Å². The second-order valence-electron chi connectivity index (χ2n) is 5.39. The average Bonchev–Trinajstić information content (AvgIpc) is 2.63. The number of fused-ring (bicyclic) bond motifs is 1. The molecule has 1 atom stereocenters. The lowest BCUT2D eigenvalue weighted by Crippen LogP contribution is -2.26. The van der Waals surface area contributed by atoms with Gasteiger partial charge < -0.3 is 0 Å². The van der Waals surface area contributed by atoms with Gasteiger partial charge in [-0.1, -0.05) is 61.5 Å². The molecule has 0 N–H and O–H groups in total. The summed E-state index contributed by atoms with van der Waals surface area (Å²) < 4.78 is 0. The van der Waals surface area contributed by atoms with Crippen LogP contribution < -0.4 is 0 Å². The van der Waals surface area contributed by atoms with Crippen LogP contribution in [0.5, 0.6) is 0 Å². The summed E-state index contributed by atoms with van der Waals surface area (Å²) >= 11 is 0. The Morgan fingerprint density at radius 3 is 2.39 bits per heavy atom. The Morgan fingerprint density at radius 1 is 1.00 bits per heavy atom. The molecule has 0 unspecified atom stereocenters. The van der Waals surface area contributed by atoms with E-state index in [9.17, 15) is 4.79 Å². The summed E-state index contributed by atoms with van der Waals surface area (Å²) in [4.78, 5) is 12.5. The summed E-state index contributed by atoms with van der Waals surface area (Å²) in [5, 5.41) is 0. The summed E-state index contributed by atoms with van der Waals surface area (Å²) in [6.45, 7) is 2.09. The molecule has 1 heteroatoms. The molecular weight excluding hydrogens is 220 g/mol. The van der Waals surface area contributed by atoms with Crippen molar-refractivity contribution < 1.29 is 4.79 Å². The largest absolute Gasteiger partial charge is 0.294 e. The van der Waals surface area contributed by atoms with Crippen LogP contribution in [0.1, 0.15) is 28.4 Å². The zero-order valence-electron chi connectivity index (χ0n) is 10.5. The van der Waals surface area contributed by atoms with Crippen molar-refractivity contribution in [2.75, 3.05) is 0 Å². The monoisotopic (exact) mass is 236 g/mol. The van der Waals surface area contributed by atoms with Crippen molar-refractivity contribution in [3.05, 3.63) is 71.3 Å². The molecule has 3 rings (SSSR count). The Morgan fingerprint density at radius 2 is 1.67 bits per heavy atom. The van der Waals surface area contributed by atoms with E-state index < -0.39 is 0 Å². The van der Waals surface area contributed by atoms with Gasteiger partial charge in [0.25, 0.3) is 0 Å². The quantitative estimate of drug-likeness (QED) is 0.777. The summed E-state index contributed by atoms with van der Waals surface area (Å²) in [7, 11) is 0. The Hall–Kier alpha value is -1.89. The van der Waals surface area contributed by atoms with E-state index in [-0.39, 0.29) is 5.41 Å². The predicted molar refractivity (Wildman–Crippen MR) is 72.7 cm³/mol. The van der Waals surface area contributed by atoms with Gasteiger partial charge in [-0.3, -0.25) is 4.79 Å². The maximum Gasteiger partial charge on any atom is 0.169 e. The highest BCUT2D eigenvalue weighted by Gasteiger charge is 2.40. The molecule has 0 spiro atoms. The fourth-order valence-electron chi connectivity index (χ4n) is 2.91. The Kier molecular flexibility index (Phi) is 2.55. The molecule has 0 heterocycles. The van der Waals surface area contributed by atoms with Crippen molar-refractivity contribution in [3.63, 3.8) is 0 Å². The number of ketones is 1. The molecule has 0 radical (unpaired) electrons. The molecule has 90 valence electrons. The number of hydrogen-bond acceptors (Lipinski definition) is 1. The lowest BCUT2D eigenvalue weighted by Gasteiger charge is -2.21. The van der Waals surface area contributed by atoms with Gasteiger partial charge in [-0.15, -0.1) is 0 Å². The van der Waals surface area contributed by atoms with Crippen LogP contribution in [0.25, 0.3) is 0 Å². The highest BCUT2D eigenvalue weighted by atomic mass is 16.1. The molecule has 0 aromatic heterocycles. The van der Waals surface area contributed by atoms with Gasteiger partial charge >= 0.3 is 0 Å². The first-order valence-corrected chi connectivity index (χ1v) is 6.36. The molecule has 2 aromatic carbocycles. The first-order chi connectivity index (χ1) is 8.69. The molecular formula is C17H16O. The number of rotatable bonds is 2. The molecule has 0 aliphatic heterocycles. The molecule has 1 nitrogen and oxygen atoms in total. The molecule has 1 aliphatic rings. The fourth-order valence-corrected chi connectivity index (χ4v) is 2.91. The molecule has 1 aliphatic carbocycles. The number of hydrogen-bond donors (Lipinski definition) is 0. The summed E-state index contributed by atoms with van der Waals surface area (Å²) in [6, 6.07) is 18.3. The van der Waals surface area contributed by atoms with Gasteiger partial charge in [-0.2, -0.15) is 0 Å². The van der Waals surface area contributed by atoms with Gasteiger partial charge in [-0.05, 0) is 24.0 Å². The van der Waals surface area contributed by atoms with E-state index in [0.29, 0.717) is 5.78 Å². The van der Waals surface area contributed by atoms with E-state index in [1.54, 1.807) is 0 Å². The van der Waals surface area contributed by atoms with Crippen LogP contribution in [-0.4, -0.2) is 5.78 Å². The third kappa shape index (κ3) is 1.76. The molecule has 0 saturated carbocycles. The van der Waals surface area contributed by atoms with Crippen molar-refractivity contribution in [2.24, 2.45) is 5.41 Å². The van der Waals surface area contributed by atoms with Crippen LogP contribution in [0.3, 0.4) is 0 Å². The van der Waals surface area contributed by atoms with Crippen LogP contribution in [-0.2, 0) is 12.8 Å². The minimum Gasteiger partial charge on any atom is -0.294 e. The zero-order valence-corrected chi connectivity index (χ0v) is 10.5. The van der Waals surface area contributed by atoms with E-state index in [0.717, 1.165) is 18.4 Å². The number of carbonyl (C=O) groups excluding carboxylic acids is 1. The number of Topliss-reactive ketones (excluding diaryl/α,β-unsaturated/α-hetero) is 1. The third-order valence-corrected chi connectivity index (χ3v) is 3.83. The molecule has 0 bridgehead atoms. The van der Waals surface area contributed by atoms with E-state index in [4.69, 9.17) is 0 Å². The van der Waals surface area contributed by atoms with Crippen LogP contribution in [0, 0.1) is 5.41 Å². The van der Waals surface area contributed by atoms with Crippen LogP contribution in [0.2, 0.25) is 0 Å². The van der Waals surface area contributed by atoms with Gasteiger partial charge in [0.15, 0.2) is 5.78 Å². The standard InChI is InChI=1S/C17H16O/c1-17(11-13-7-3-2-4-8-13)12-14-9-5-6-10-15(14)16(17)18/h2-10H,11-12H2,1H3/t17-/m0/s1. The first kappa shape index (κ1) is 11.2. The number of carbonyl (C=O) groups is 1. The smallest absolute Gasteiger partial charge is 0.169 e. The predicted octanol–water partition coefficient (Wildman–Crippen LogP) is 3.67. The highest BCUT2D eigenvalue weighted by Crippen LogP contribution is 2.38. The van der Waals surface area contributed by atoms with Crippen LogP contribution >= 0.6 is 0 Å². The first-order valence-electron chi connectivity index (χ1n) is 6.36. The zero-order chi connectivity index (χ0) is 12.6. The van der Waals surface area contributed by atoms with Gasteiger partial charge in [-0.25, -0.2) is 0 Å². The number of benzene rings is 2. The summed E-state index contributed by atoms with van der Waals surface area (Å²) in [5.74, 6) is 0.293. The SMILES string of the molecule is C[C@]1(Cc2ccccc2)Cc2ccccc2C1=O. The lowest BCUT2D eigenvalue weighted by molar-refractivity contribution is 0.0842. The average molecular weight is 236 g/mol. The minimum absolute atomic E-state index is 0.273.